The number of pyridine rings is 1. The highest BCUT2D eigenvalue weighted by molar-refractivity contribution is 5.79. The minimum atomic E-state index is -0.726. The maximum Gasteiger partial charge on any atom is 0.307 e. The molecule has 0 unspecified atom stereocenters. The monoisotopic (exact) mass is 505 g/mol. The number of aliphatic carboxylic acids is 1. The van der Waals surface area contributed by atoms with Crippen molar-refractivity contribution in [1.29, 1.82) is 0 Å². The molecule has 3 aromatic carbocycles. The first-order valence-electron chi connectivity index (χ1n) is 13.3. The van der Waals surface area contributed by atoms with Crippen molar-refractivity contribution in [3.8, 4) is 5.75 Å². The van der Waals surface area contributed by atoms with Gasteiger partial charge in [0.25, 0.3) is 0 Å². The molecule has 2 aromatic heterocycles. The van der Waals surface area contributed by atoms with E-state index in [4.69, 9.17) is 14.7 Å². The molecule has 2 heterocycles. The number of nitrogens with zero attached hydrogens (tertiary/aromatic N) is 3. The summed E-state index contributed by atoms with van der Waals surface area (Å²) in [5, 5.41) is 11.1. The van der Waals surface area contributed by atoms with Crippen LogP contribution in [0.1, 0.15) is 54.2 Å². The molecule has 0 radical (unpaired) electrons. The molecule has 6 nitrogen and oxygen atoms in total. The molecule has 6 heteroatoms. The number of para-hydroxylation sites is 1. The summed E-state index contributed by atoms with van der Waals surface area (Å²) in [5.41, 5.74) is 6.01. The van der Waals surface area contributed by atoms with Crippen LogP contribution in [0.15, 0.2) is 78.9 Å². The topological polar surface area (TPSA) is 77.2 Å². The van der Waals surface area contributed by atoms with Gasteiger partial charge in [0, 0.05) is 23.9 Å². The lowest BCUT2D eigenvalue weighted by atomic mass is 9.78. The van der Waals surface area contributed by atoms with Gasteiger partial charge >= 0.3 is 5.97 Å². The van der Waals surface area contributed by atoms with Crippen molar-refractivity contribution in [3.63, 3.8) is 0 Å². The first-order valence-corrected chi connectivity index (χ1v) is 13.3. The maximum atomic E-state index is 12.2. The highest BCUT2D eigenvalue weighted by atomic mass is 16.5. The van der Waals surface area contributed by atoms with E-state index in [1.54, 1.807) is 0 Å². The molecule has 0 spiro atoms. The molecule has 38 heavy (non-hydrogen) atoms. The van der Waals surface area contributed by atoms with Gasteiger partial charge in [0.1, 0.15) is 18.2 Å². The van der Waals surface area contributed by atoms with Crippen LogP contribution in [0.3, 0.4) is 0 Å². The van der Waals surface area contributed by atoms with Crippen LogP contribution in [0.4, 0.5) is 0 Å². The molecule has 1 N–H and O–H groups in total. The number of fused-ring (bicyclic) bond motifs is 2. The molecule has 5 aromatic rings. The summed E-state index contributed by atoms with van der Waals surface area (Å²) in [5.74, 6) is 0.339. The predicted molar refractivity (Wildman–Crippen MR) is 148 cm³/mol. The van der Waals surface area contributed by atoms with E-state index < -0.39 is 11.9 Å². The summed E-state index contributed by atoms with van der Waals surface area (Å²) >= 11 is 0. The van der Waals surface area contributed by atoms with Crippen LogP contribution in [0.5, 0.6) is 5.75 Å². The minimum absolute atomic E-state index is 0.106. The average Bonchev–Trinajstić information content (AvgIpc) is 3.30. The van der Waals surface area contributed by atoms with E-state index in [1.807, 2.05) is 48.5 Å². The highest BCUT2D eigenvalue weighted by Crippen LogP contribution is 2.39. The second-order valence-electron chi connectivity index (χ2n) is 10.3. The summed E-state index contributed by atoms with van der Waals surface area (Å²) in [4.78, 5) is 21.9. The Morgan fingerprint density at radius 2 is 1.76 bits per heavy atom. The average molecular weight is 506 g/mol. The fraction of sp³-hybridized carbons (Fsp3) is 0.281. The molecule has 1 aliphatic carbocycles. The van der Waals surface area contributed by atoms with Crippen LogP contribution < -0.4 is 4.74 Å². The number of hydrogen-bond acceptors (Lipinski definition) is 4. The van der Waals surface area contributed by atoms with Crippen molar-refractivity contribution in [2.75, 3.05) is 0 Å². The number of carbonyl (C=O) groups is 1. The largest absolute Gasteiger partial charge is 0.487 e. The van der Waals surface area contributed by atoms with Gasteiger partial charge in [-0.1, -0.05) is 66.9 Å². The summed E-state index contributed by atoms with van der Waals surface area (Å²) in [6.45, 7) is 3.09. The lowest BCUT2D eigenvalue weighted by Gasteiger charge is -2.28. The summed E-state index contributed by atoms with van der Waals surface area (Å²) in [6, 6.07) is 26.6. The number of hydrogen-bond donors (Lipinski definition) is 1. The predicted octanol–water partition coefficient (Wildman–Crippen LogP) is 6.88. The Labute approximate surface area is 221 Å². The Morgan fingerprint density at radius 1 is 0.947 bits per heavy atom. The van der Waals surface area contributed by atoms with Crippen LogP contribution in [0.25, 0.3) is 21.9 Å². The summed E-state index contributed by atoms with van der Waals surface area (Å²) in [6.07, 6.45) is 3.51. The molecule has 0 amide bonds. The highest BCUT2D eigenvalue weighted by Gasteiger charge is 2.35. The van der Waals surface area contributed by atoms with Gasteiger partial charge in [-0.25, -0.2) is 9.97 Å². The van der Waals surface area contributed by atoms with Crippen molar-refractivity contribution in [3.05, 3.63) is 102 Å². The van der Waals surface area contributed by atoms with Crippen LogP contribution in [0, 0.1) is 12.8 Å². The van der Waals surface area contributed by atoms with E-state index in [-0.39, 0.29) is 5.92 Å². The van der Waals surface area contributed by atoms with Crippen LogP contribution in [-0.4, -0.2) is 25.6 Å². The molecule has 0 bridgehead atoms. The summed E-state index contributed by atoms with van der Waals surface area (Å²) in [7, 11) is 0. The van der Waals surface area contributed by atoms with Gasteiger partial charge in [0.15, 0.2) is 0 Å². The zero-order valence-corrected chi connectivity index (χ0v) is 21.5. The number of imidazole rings is 1. The lowest BCUT2D eigenvalue weighted by Crippen LogP contribution is -2.27. The van der Waals surface area contributed by atoms with E-state index in [9.17, 15) is 9.90 Å². The zero-order chi connectivity index (χ0) is 26.1. The Kier molecular flexibility index (Phi) is 6.54. The number of rotatable bonds is 7. The van der Waals surface area contributed by atoms with E-state index in [1.165, 1.54) is 11.1 Å². The molecule has 1 saturated carbocycles. The van der Waals surface area contributed by atoms with Crippen LogP contribution in [-0.2, 0) is 17.9 Å². The first-order chi connectivity index (χ1) is 18.5. The number of aryl methyl sites for hydroxylation is 1. The fourth-order valence-corrected chi connectivity index (χ4v) is 5.62. The molecular weight excluding hydrogens is 474 g/mol. The fourth-order valence-electron chi connectivity index (χ4n) is 5.62. The van der Waals surface area contributed by atoms with Crippen molar-refractivity contribution >= 4 is 27.9 Å². The van der Waals surface area contributed by atoms with Gasteiger partial charge in [0.05, 0.1) is 28.2 Å². The normalized spacial score (nSPS) is 17.6. The smallest absolute Gasteiger partial charge is 0.307 e. The van der Waals surface area contributed by atoms with Crippen molar-refractivity contribution in [1.82, 2.24) is 14.5 Å². The Hall–Kier alpha value is -4.19. The molecule has 192 valence electrons. The van der Waals surface area contributed by atoms with Gasteiger partial charge in [-0.3, -0.25) is 4.79 Å². The van der Waals surface area contributed by atoms with Crippen molar-refractivity contribution in [2.24, 2.45) is 5.92 Å². The Morgan fingerprint density at radius 3 is 2.61 bits per heavy atom. The van der Waals surface area contributed by atoms with Crippen molar-refractivity contribution in [2.45, 2.75) is 51.7 Å². The van der Waals surface area contributed by atoms with E-state index >= 15 is 0 Å². The molecule has 1 aliphatic rings. The second-order valence-corrected chi connectivity index (χ2v) is 10.3. The van der Waals surface area contributed by atoms with Crippen molar-refractivity contribution < 1.29 is 14.6 Å². The SMILES string of the molecule is Cc1ccc(Cn2c([C@H]3CCCC[C@H]3C(=O)O)nc3cc(OCc4ccc5ccccc5n4)ccc32)cc1. The Balaban J connectivity index is 1.33. The van der Waals surface area contributed by atoms with Gasteiger partial charge in [-0.15, -0.1) is 0 Å². The van der Waals surface area contributed by atoms with Gasteiger partial charge in [-0.05, 0) is 49.6 Å². The third kappa shape index (κ3) is 4.86. The van der Waals surface area contributed by atoms with Crippen LogP contribution in [0.2, 0.25) is 0 Å². The molecule has 1 fully saturated rings. The van der Waals surface area contributed by atoms with E-state index in [0.717, 1.165) is 58.5 Å². The number of aromatic nitrogens is 3. The second kappa shape index (κ2) is 10.3. The van der Waals surface area contributed by atoms with Gasteiger partial charge in [0.2, 0.25) is 0 Å². The maximum absolute atomic E-state index is 12.2. The molecule has 6 rings (SSSR count). The molecule has 0 saturated heterocycles. The van der Waals surface area contributed by atoms with Gasteiger partial charge in [-0.2, -0.15) is 0 Å². The summed E-state index contributed by atoms with van der Waals surface area (Å²) < 4.78 is 8.34. The minimum Gasteiger partial charge on any atom is -0.487 e. The Bertz CT molecular complexity index is 1610. The lowest BCUT2D eigenvalue weighted by molar-refractivity contribution is -0.143. The third-order valence-electron chi connectivity index (χ3n) is 7.67. The quantitative estimate of drug-likeness (QED) is 0.261. The number of ether oxygens (including phenoxy) is 1. The third-order valence-corrected chi connectivity index (χ3v) is 7.67. The zero-order valence-electron chi connectivity index (χ0n) is 21.5. The number of benzene rings is 3. The van der Waals surface area contributed by atoms with E-state index in [2.05, 4.69) is 41.8 Å². The molecule has 2 atom stereocenters. The standard InChI is InChI=1S/C32H31N3O3/c1-21-10-12-22(13-11-21)19-35-30-17-16-25(38-20-24-15-14-23-6-2-5-9-28(23)33-24)18-29(30)34-31(35)26-7-3-4-8-27(26)32(36)37/h2,5-6,9-18,26-27H,3-4,7-8,19-20H2,1H3,(H,36,37)/t26-,27+/m0/s1. The molecule has 0 aliphatic heterocycles. The van der Waals surface area contributed by atoms with Crippen LogP contribution >= 0.6 is 0 Å². The van der Waals surface area contributed by atoms with E-state index in [0.29, 0.717) is 19.6 Å². The molecular formula is C32H31N3O3. The number of carboxylic acid groups (broad SMARTS) is 1. The van der Waals surface area contributed by atoms with Gasteiger partial charge < -0.3 is 14.4 Å². The first kappa shape index (κ1) is 24.2. The number of carboxylic acids is 1.